The fourth-order valence-corrected chi connectivity index (χ4v) is 3.76. The molecule has 0 bridgehead atoms. The van der Waals surface area contributed by atoms with Crippen LogP contribution in [-0.2, 0) is 24.3 Å². The van der Waals surface area contributed by atoms with Crippen molar-refractivity contribution in [3.8, 4) is 11.3 Å². The Balaban J connectivity index is 1.61. The second-order valence-electron chi connectivity index (χ2n) is 7.47. The monoisotopic (exact) mass is 406 g/mol. The van der Waals surface area contributed by atoms with Crippen molar-refractivity contribution in [1.82, 2.24) is 14.7 Å². The third-order valence-corrected chi connectivity index (χ3v) is 5.30. The Morgan fingerprint density at radius 3 is 2.53 bits per heavy atom. The molecule has 30 heavy (non-hydrogen) atoms. The smallest absolute Gasteiger partial charge is 0.435 e. The lowest BCUT2D eigenvalue weighted by molar-refractivity contribution is 0.110. The molecule has 1 aliphatic rings. The Morgan fingerprint density at radius 1 is 1.13 bits per heavy atom. The van der Waals surface area contributed by atoms with Crippen LogP contribution in [0.15, 0.2) is 60.7 Å². The van der Waals surface area contributed by atoms with E-state index in [0.717, 1.165) is 34.6 Å². The predicted octanol–water partition coefficient (Wildman–Crippen LogP) is 2.41. The quantitative estimate of drug-likeness (QED) is 0.653. The number of rotatable bonds is 6. The van der Waals surface area contributed by atoms with Gasteiger partial charge in [-0.1, -0.05) is 60.7 Å². The van der Waals surface area contributed by atoms with E-state index in [1.54, 1.807) is 0 Å². The molecule has 0 amide bonds. The molecule has 0 saturated heterocycles. The van der Waals surface area contributed by atoms with Gasteiger partial charge in [0.1, 0.15) is 6.61 Å². The molecule has 7 nitrogen and oxygen atoms in total. The summed E-state index contributed by atoms with van der Waals surface area (Å²) in [5.41, 5.74) is 10.1. The lowest BCUT2D eigenvalue weighted by atomic mass is 10.0. The van der Waals surface area contributed by atoms with Gasteiger partial charge in [0.15, 0.2) is 0 Å². The topological polar surface area (TPSA) is 93.6 Å². The molecule has 4 rings (SSSR count). The molecule has 2 aromatic carbocycles. The van der Waals surface area contributed by atoms with Gasteiger partial charge in [0, 0.05) is 43.7 Å². The minimum Gasteiger partial charge on any atom is -0.443 e. The van der Waals surface area contributed by atoms with Crippen molar-refractivity contribution < 1.29 is 14.6 Å². The zero-order valence-electron chi connectivity index (χ0n) is 16.8. The number of hydrogen-bond acceptors (Lipinski definition) is 6. The van der Waals surface area contributed by atoms with Gasteiger partial charge in [0.05, 0.1) is 17.5 Å². The molecule has 0 spiro atoms. The number of aromatic nitrogens is 2. The van der Waals surface area contributed by atoms with Gasteiger partial charge in [0.2, 0.25) is 0 Å². The van der Waals surface area contributed by atoms with Gasteiger partial charge in [-0.05, 0) is 5.56 Å². The third kappa shape index (κ3) is 4.43. The summed E-state index contributed by atoms with van der Waals surface area (Å²) < 4.78 is 6.93. The molecular formula is C23H26N4O3. The Hall–Kier alpha value is -3.00. The lowest BCUT2D eigenvalue weighted by Crippen LogP contribution is -2.40. The second-order valence-corrected chi connectivity index (χ2v) is 7.47. The van der Waals surface area contributed by atoms with Crippen molar-refractivity contribution in [2.24, 2.45) is 5.73 Å². The van der Waals surface area contributed by atoms with E-state index in [4.69, 9.17) is 10.5 Å². The van der Waals surface area contributed by atoms with Crippen molar-refractivity contribution in [1.29, 1.82) is 0 Å². The number of hydrogen-bond donors (Lipinski definition) is 2. The van der Waals surface area contributed by atoms with Gasteiger partial charge >= 0.3 is 6.09 Å². The molecular weight excluding hydrogens is 380 g/mol. The maximum Gasteiger partial charge on any atom is 0.435 e. The molecule has 0 aliphatic carbocycles. The Bertz CT molecular complexity index is 988. The largest absolute Gasteiger partial charge is 0.443 e. The lowest BCUT2D eigenvalue weighted by Gasteiger charge is -2.29. The highest BCUT2D eigenvalue weighted by Gasteiger charge is 2.29. The number of benzene rings is 2. The number of carbonyl (C=O) groups is 1. The van der Waals surface area contributed by atoms with E-state index in [0.29, 0.717) is 19.5 Å². The highest BCUT2D eigenvalue weighted by atomic mass is 16.6. The van der Waals surface area contributed by atoms with Crippen LogP contribution in [0.25, 0.3) is 11.3 Å². The third-order valence-electron chi connectivity index (χ3n) is 5.30. The number of carbonyl (C=O) groups excluding carboxylic acids is 1. The summed E-state index contributed by atoms with van der Waals surface area (Å²) in [5, 5.41) is 14.6. The molecule has 0 radical (unpaired) electrons. The van der Waals surface area contributed by atoms with Crippen LogP contribution in [0.5, 0.6) is 0 Å². The average molecular weight is 406 g/mol. The number of aliphatic hydroxyl groups is 1. The van der Waals surface area contributed by atoms with Gasteiger partial charge in [-0.3, -0.25) is 4.90 Å². The summed E-state index contributed by atoms with van der Waals surface area (Å²) in [5.74, 6) is 0. The molecule has 1 aromatic heterocycles. The van der Waals surface area contributed by atoms with Crippen molar-refractivity contribution in [3.05, 3.63) is 77.5 Å². The van der Waals surface area contributed by atoms with Gasteiger partial charge < -0.3 is 15.6 Å². The summed E-state index contributed by atoms with van der Waals surface area (Å²) in [6, 6.07) is 19.4. The highest BCUT2D eigenvalue weighted by molar-refractivity contribution is 5.74. The number of nitrogens with two attached hydrogens (primary N) is 1. The van der Waals surface area contributed by atoms with E-state index in [1.807, 2.05) is 60.7 Å². The van der Waals surface area contributed by atoms with Gasteiger partial charge in [0.25, 0.3) is 0 Å². The van der Waals surface area contributed by atoms with E-state index in [9.17, 15) is 9.90 Å². The average Bonchev–Trinajstić information content (AvgIpc) is 3.17. The molecule has 3 aromatic rings. The van der Waals surface area contributed by atoms with Crippen molar-refractivity contribution in [3.63, 3.8) is 0 Å². The molecule has 1 aliphatic heterocycles. The number of fused-ring (bicyclic) bond motifs is 1. The van der Waals surface area contributed by atoms with Crippen molar-refractivity contribution >= 4 is 6.09 Å². The van der Waals surface area contributed by atoms with Crippen molar-refractivity contribution in [2.75, 3.05) is 19.6 Å². The predicted molar refractivity (Wildman–Crippen MR) is 114 cm³/mol. The second kappa shape index (κ2) is 9.21. The van der Waals surface area contributed by atoms with Gasteiger partial charge in [-0.25, -0.2) is 4.79 Å². The Labute approximate surface area is 175 Å². The van der Waals surface area contributed by atoms with Crippen LogP contribution in [0.4, 0.5) is 4.79 Å². The SMILES string of the molecule is NC[C@H](O)CN1CCc2c(c(-c3ccccc3)nn2C(=O)OCc2ccccc2)C1. The molecule has 0 saturated carbocycles. The van der Waals surface area contributed by atoms with Gasteiger partial charge in [-0.15, -0.1) is 0 Å². The number of β-amino-alcohol motifs (C(OH)–C–C–N with tert-alkyl or cyclic N) is 1. The normalized spacial score (nSPS) is 14.9. The van der Waals surface area contributed by atoms with Crippen LogP contribution in [0.1, 0.15) is 16.8 Å². The standard InChI is InChI=1S/C23H26N4O3/c24-13-19(28)14-26-12-11-21-20(15-26)22(18-9-5-2-6-10-18)25-27(21)23(29)30-16-17-7-3-1-4-8-17/h1-10,19,28H,11-16,24H2/t19-/m0/s1. The van der Waals surface area contributed by atoms with Gasteiger partial charge in [-0.2, -0.15) is 9.78 Å². The first-order valence-corrected chi connectivity index (χ1v) is 10.1. The number of ether oxygens (including phenoxy) is 1. The summed E-state index contributed by atoms with van der Waals surface area (Å²) >= 11 is 0. The van der Waals surface area contributed by atoms with E-state index in [-0.39, 0.29) is 13.2 Å². The molecule has 0 fully saturated rings. The van der Waals surface area contributed by atoms with Crippen LogP contribution in [0.2, 0.25) is 0 Å². The van der Waals surface area contributed by atoms with E-state index >= 15 is 0 Å². The molecule has 156 valence electrons. The van der Waals surface area contributed by atoms with Crippen molar-refractivity contribution in [2.45, 2.75) is 25.7 Å². The highest BCUT2D eigenvalue weighted by Crippen LogP contribution is 2.30. The van der Waals surface area contributed by atoms with Crippen LogP contribution in [-0.4, -0.2) is 51.6 Å². The van der Waals surface area contributed by atoms with E-state index < -0.39 is 12.2 Å². The summed E-state index contributed by atoms with van der Waals surface area (Å²) in [6.45, 7) is 2.23. The zero-order valence-corrected chi connectivity index (χ0v) is 16.8. The van der Waals surface area contributed by atoms with E-state index in [2.05, 4.69) is 10.00 Å². The molecule has 3 N–H and O–H groups in total. The van der Waals surface area contributed by atoms with Crippen LogP contribution in [0.3, 0.4) is 0 Å². The minimum atomic E-state index is -0.572. The number of aliphatic hydroxyl groups excluding tert-OH is 1. The first-order valence-electron chi connectivity index (χ1n) is 10.1. The van der Waals surface area contributed by atoms with E-state index in [1.165, 1.54) is 4.68 Å². The number of nitrogens with zero attached hydrogens (tertiary/aromatic N) is 3. The maximum atomic E-state index is 12.8. The molecule has 7 heteroatoms. The maximum absolute atomic E-state index is 12.8. The first kappa shape index (κ1) is 20.3. The Morgan fingerprint density at radius 2 is 1.83 bits per heavy atom. The first-order chi connectivity index (χ1) is 14.7. The fraction of sp³-hybridized carbons (Fsp3) is 0.304. The summed E-state index contributed by atoms with van der Waals surface area (Å²) in [7, 11) is 0. The minimum absolute atomic E-state index is 0.198. The van der Waals surface area contributed by atoms with Crippen LogP contribution in [0, 0.1) is 0 Å². The van der Waals surface area contributed by atoms with Crippen LogP contribution >= 0.6 is 0 Å². The zero-order chi connectivity index (χ0) is 20.9. The molecule has 1 atom stereocenters. The Kier molecular flexibility index (Phi) is 6.23. The molecule has 2 heterocycles. The summed E-state index contributed by atoms with van der Waals surface area (Å²) in [6.07, 6.45) is -0.405. The molecule has 0 unspecified atom stereocenters. The fourth-order valence-electron chi connectivity index (χ4n) is 3.76. The van der Waals surface area contributed by atoms with Crippen LogP contribution < -0.4 is 5.73 Å². The summed E-state index contributed by atoms with van der Waals surface area (Å²) in [4.78, 5) is 15.0.